The smallest absolute Gasteiger partial charge is 0.326 e. The van der Waals surface area contributed by atoms with Crippen LogP contribution in [0, 0.1) is 18.3 Å². The van der Waals surface area contributed by atoms with E-state index in [0.29, 0.717) is 24.2 Å². The summed E-state index contributed by atoms with van der Waals surface area (Å²) in [5.74, 6) is 0.410. The number of carbonyl (C=O) groups is 2. The number of aryl methyl sites for hydroxylation is 1. The van der Waals surface area contributed by atoms with Crippen LogP contribution in [0.1, 0.15) is 98.3 Å². The Labute approximate surface area is 303 Å². The summed E-state index contributed by atoms with van der Waals surface area (Å²) in [6.45, 7) is 11.1. The molecule has 0 heterocycles. The van der Waals surface area contributed by atoms with Gasteiger partial charge in [0.1, 0.15) is 0 Å². The molecule has 0 radical (unpaired) electrons. The third-order valence-electron chi connectivity index (χ3n) is 9.48. The van der Waals surface area contributed by atoms with Gasteiger partial charge < -0.3 is 5.32 Å². The lowest BCUT2D eigenvalue weighted by molar-refractivity contribution is -0.117. The predicted octanol–water partition coefficient (Wildman–Crippen LogP) is 10.5. The third kappa shape index (κ3) is 10.8. The Morgan fingerprint density at radius 2 is 1.50 bits per heavy atom. The van der Waals surface area contributed by atoms with E-state index in [-0.39, 0.29) is 11.7 Å². The Balaban J connectivity index is 0.00000133. The van der Waals surface area contributed by atoms with Gasteiger partial charge >= 0.3 is 10.6 Å². The van der Waals surface area contributed by atoms with Crippen LogP contribution in [0.2, 0.25) is 5.02 Å². The lowest BCUT2D eigenvalue weighted by Crippen LogP contribution is -2.23. The minimum absolute atomic E-state index is 0.0563. The van der Waals surface area contributed by atoms with Crippen molar-refractivity contribution >= 4 is 45.2 Å². The Bertz CT molecular complexity index is 1920. The molecule has 1 aliphatic carbocycles. The summed E-state index contributed by atoms with van der Waals surface area (Å²) in [7, 11) is -3.11. The molecule has 0 aromatic heterocycles. The molecule has 4 aromatic carbocycles. The normalized spacial score (nSPS) is 14.8. The molecule has 50 heavy (non-hydrogen) atoms. The first-order valence-electron chi connectivity index (χ1n) is 17.1. The first-order chi connectivity index (χ1) is 23.7. The van der Waals surface area contributed by atoms with E-state index >= 15 is 0 Å². The lowest BCUT2D eigenvalue weighted by Gasteiger charge is -2.33. The Hall–Kier alpha value is -4.33. The van der Waals surface area contributed by atoms with Gasteiger partial charge in [-0.25, -0.2) is 0 Å². The maximum absolute atomic E-state index is 13.9. The molecule has 4 aromatic rings. The first kappa shape index (κ1) is 38.5. The Morgan fingerprint density at radius 1 is 0.880 bits per heavy atom. The van der Waals surface area contributed by atoms with Crippen LogP contribution in [0.25, 0.3) is 16.7 Å². The van der Waals surface area contributed by atoms with E-state index in [1.807, 2.05) is 80.6 Å². The number of halogens is 1. The van der Waals surface area contributed by atoms with E-state index in [1.165, 1.54) is 17.6 Å². The predicted molar refractivity (Wildman–Crippen MR) is 203 cm³/mol. The fraction of sp³-hybridized carbons (Fsp3) is 0.333. The van der Waals surface area contributed by atoms with Gasteiger partial charge in [0.25, 0.3) is 0 Å². The minimum Gasteiger partial charge on any atom is -0.326 e. The average Bonchev–Trinajstić information content (AvgIpc) is 3.07. The Kier molecular flexibility index (Phi) is 13.5. The minimum atomic E-state index is -3.11. The van der Waals surface area contributed by atoms with Gasteiger partial charge in [-0.15, -0.1) is 12.6 Å². The van der Waals surface area contributed by atoms with Crippen molar-refractivity contribution in [1.82, 2.24) is 0 Å². The SMILES string of the molecule is CCCC(=O)c1ccc(C[C@@H](C(=O)Nc2ccc(-c3ccc(Cl)cc3C)cc2)c2ccc(C3=CC[C@H](C(C)(C)C)CC3)cc2)cc1.O=S(=O)=O. The summed E-state index contributed by atoms with van der Waals surface area (Å²) in [5, 5.41) is 3.90. The van der Waals surface area contributed by atoms with Crippen LogP contribution in [0.3, 0.4) is 0 Å². The van der Waals surface area contributed by atoms with Gasteiger partial charge in [0.15, 0.2) is 5.78 Å². The van der Waals surface area contributed by atoms with Gasteiger partial charge in [-0.2, -0.15) is 0 Å². The second-order valence-electron chi connectivity index (χ2n) is 14.0. The molecule has 0 fully saturated rings. The van der Waals surface area contributed by atoms with Crippen LogP contribution in [-0.2, 0) is 21.8 Å². The highest BCUT2D eigenvalue weighted by Gasteiger charge is 2.27. The second-order valence-corrected chi connectivity index (χ2v) is 14.9. The number of carbonyl (C=O) groups excluding carboxylic acids is 2. The molecule has 0 saturated heterocycles. The lowest BCUT2D eigenvalue weighted by atomic mass is 9.72. The van der Waals surface area contributed by atoms with Gasteiger partial charge in [-0.1, -0.05) is 112 Å². The van der Waals surface area contributed by atoms with E-state index < -0.39 is 16.5 Å². The number of allylic oxidation sites excluding steroid dienone is 2. The van der Waals surface area contributed by atoms with Crippen molar-refractivity contribution < 1.29 is 22.2 Å². The van der Waals surface area contributed by atoms with Gasteiger partial charge in [0.05, 0.1) is 5.92 Å². The average molecular weight is 712 g/mol. The largest absolute Gasteiger partial charge is 0.425 e. The van der Waals surface area contributed by atoms with Gasteiger partial charge in [-0.05, 0) is 114 Å². The zero-order chi connectivity index (χ0) is 36.4. The van der Waals surface area contributed by atoms with Crippen LogP contribution in [0.4, 0.5) is 5.69 Å². The molecule has 0 unspecified atom stereocenters. The molecule has 1 aliphatic rings. The number of anilines is 1. The molecule has 0 bridgehead atoms. The summed E-state index contributed by atoms with van der Waals surface area (Å²) in [6, 6.07) is 30.2. The number of Topliss-reactive ketones (excluding diaryl/α,β-unsaturated/α-hetero) is 1. The van der Waals surface area contributed by atoms with E-state index in [1.54, 1.807) is 0 Å². The van der Waals surface area contributed by atoms with Crippen LogP contribution >= 0.6 is 11.6 Å². The summed E-state index contributed by atoms with van der Waals surface area (Å²) >= 11 is 6.16. The van der Waals surface area contributed by atoms with Crippen molar-refractivity contribution in [2.75, 3.05) is 5.32 Å². The standard InChI is InChI=1S/C42H46ClNO2.O3S/c1-6-7-40(45)34-10-8-29(9-11-34)27-39(33-14-12-30(13-15-33)31-16-20-35(21-17-31)42(3,4)5)41(46)44-37-23-18-32(19-24-37)38-25-22-36(43)26-28(38)2;1-4(2)3/h8-16,18-19,22-26,35,39H,6-7,17,20-21,27H2,1-5H3,(H,44,46);/t35-,39+;/m0./s1. The first-order valence-corrected chi connectivity index (χ1v) is 18.5. The van der Waals surface area contributed by atoms with Crippen LogP contribution < -0.4 is 5.32 Å². The van der Waals surface area contributed by atoms with Crippen LogP contribution in [-0.4, -0.2) is 24.3 Å². The van der Waals surface area contributed by atoms with E-state index in [2.05, 4.69) is 56.4 Å². The third-order valence-corrected chi connectivity index (χ3v) is 9.72. The van der Waals surface area contributed by atoms with E-state index in [0.717, 1.165) is 63.4 Å². The molecule has 1 amide bonds. The molecular weight excluding hydrogens is 666 g/mol. The second kappa shape index (κ2) is 17.6. The number of rotatable bonds is 10. The zero-order valence-electron chi connectivity index (χ0n) is 29.5. The number of ketones is 1. The van der Waals surface area contributed by atoms with E-state index in [4.69, 9.17) is 24.2 Å². The fourth-order valence-electron chi connectivity index (χ4n) is 6.52. The monoisotopic (exact) mass is 711 g/mol. The molecule has 6 nitrogen and oxygen atoms in total. The number of amides is 1. The van der Waals surface area contributed by atoms with Crippen molar-refractivity contribution in [3.63, 3.8) is 0 Å². The number of nitrogens with one attached hydrogen (secondary N) is 1. The maximum Gasteiger partial charge on any atom is 0.425 e. The molecule has 0 spiro atoms. The van der Waals surface area contributed by atoms with Crippen molar-refractivity contribution in [2.24, 2.45) is 11.3 Å². The quantitative estimate of drug-likeness (QED) is 0.165. The maximum atomic E-state index is 13.9. The van der Waals surface area contributed by atoms with Crippen molar-refractivity contribution in [3.05, 3.63) is 130 Å². The summed E-state index contributed by atoms with van der Waals surface area (Å²) in [4.78, 5) is 26.4. The highest BCUT2D eigenvalue weighted by molar-refractivity contribution is 7.59. The molecule has 0 saturated carbocycles. The van der Waals surface area contributed by atoms with Crippen LogP contribution in [0.15, 0.2) is 97.1 Å². The molecule has 2 atom stereocenters. The summed E-state index contributed by atoms with van der Waals surface area (Å²) in [5.41, 5.74) is 9.73. The molecular formula is C42H46ClNO5S. The number of hydrogen-bond donors (Lipinski definition) is 1. The van der Waals surface area contributed by atoms with Crippen molar-refractivity contribution in [3.8, 4) is 11.1 Å². The molecule has 5 rings (SSSR count). The molecule has 0 aliphatic heterocycles. The van der Waals surface area contributed by atoms with Gasteiger partial charge in [0, 0.05) is 22.7 Å². The van der Waals surface area contributed by atoms with Gasteiger partial charge in [0.2, 0.25) is 5.91 Å². The molecule has 262 valence electrons. The highest BCUT2D eigenvalue weighted by Crippen LogP contribution is 2.40. The molecule has 1 N–H and O–H groups in total. The van der Waals surface area contributed by atoms with Crippen molar-refractivity contribution in [2.45, 2.75) is 79.1 Å². The topological polar surface area (TPSA) is 97.4 Å². The fourth-order valence-corrected chi connectivity index (χ4v) is 6.75. The summed E-state index contributed by atoms with van der Waals surface area (Å²) < 4.78 is 25.3. The van der Waals surface area contributed by atoms with Crippen molar-refractivity contribution in [1.29, 1.82) is 0 Å². The van der Waals surface area contributed by atoms with E-state index in [9.17, 15) is 9.59 Å². The van der Waals surface area contributed by atoms with Crippen LogP contribution in [0.5, 0.6) is 0 Å². The number of benzene rings is 4. The zero-order valence-corrected chi connectivity index (χ0v) is 31.0. The summed E-state index contributed by atoms with van der Waals surface area (Å²) in [6.07, 6.45) is 7.71. The number of hydrogen-bond acceptors (Lipinski definition) is 5. The Morgan fingerprint density at radius 3 is 2.04 bits per heavy atom. The highest BCUT2D eigenvalue weighted by atomic mass is 35.5. The van der Waals surface area contributed by atoms with Gasteiger partial charge in [-0.3, -0.25) is 9.59 Å². The molecule has 8 heteroatoms.